The van der Waals surface area contributed by atoms with Gasteiger partial charge in [-0.3, -0.25) is 4.79 Å². The van der Waals surface area contributed by atoms with Crippen LogP contribution in [0.1, 0.15) is 18.4 Å². The van der Waals surface area contributed by atoms with Crippen LogP contribution in [-0.2, 0) is 4.79 Å². The van der Waals surface area contributed by atoms with Crippen LogP contribution >= 0.6 is 11.3 Å². The van der Waals surface area contributed by atoms with E-state index in [1.54, 1.807) is 18.4 Å². The molecule has 27 heavy (non-hydrogen) atoms. The summed E-state index contributed by atoms with van der Waals surface area (Å²) in [7, 11) is 1.62. The van der Waals surface area contributed by atoms with Gasteiger partial charge in [0.15, 0.2) is 5.13 Å². The van der Waals surface area contributed by atoms with Crippen molar-refractivity contribution in [3.63, 3.8) is 0 Å². The molecule has 1 amide bonds. The van der Waals surface area contributed by atoms with Crippen molar-refractivity contribution >= 4 is 38.3 Å². The van der Waals surface area contributed by atoms with Crippen LogP contribution in [0.15, 0.2) is 42.5 Å². The zero-order valence-electron chi connectivity index (χ0n) is 15.6. The van der Waals surface area contributed by atoms with E-state index in [-0.39, 0.29) is 11.8 Å². The van der Waals surface area contributed by atoms with Gasteiger partial charge >= 0.3 is 0 Å². The summed E-state index contributed by atoms with van der Waals surface area (Å²) >= 11 is 1.69. The third-order valence-electron chi connectivity index (χ3n) is 4.96. The highest BCUT2D eigenvalue weighted by Gasteiger charge is 2.28. The van der Waals surface area contributed by atoms with Gasteiger partial charge in [0.25, 0.3) is 0 Å². The summed E-state index contributed by atoms with van der Waals surface area (Å²) in [6.07, 6.45) is 1.88. The van der Waals surface area contributed by atoms with E-state index in [4.69, 9.17) is 9.72 Å². The van der Waals surface area contributed by atoms with E-state index < -0.39 is 0 Å². The Hall–Kier alpha value is -2.60. The molecule has 1 atom stereocenters. The molecule has 4 rings (SSSR count). The van der Waals surface area contributed by atoms with Crippen molar-refractivity contribution in [1.29, 1.82) is 0 Å². The fourth-order valence-electron chi connectivity index (χ4n) is 3.51. The zero-order valence-corrected chi connectivity index (χ0v) is 16.4. The molecule has 5 nitrogen and oxygen atoms in total. The second-order valence-electron chi connectivity index (χ2n) is 6.94. The topological polar surface area (TPSA) is 54.5 Å². The van der Waals surface area contributed by atoms with Crippen molar-refractivity contribution in [1.82, 2.24) is 4.98 Å². The van der Waals surface area contributed by atoms with Gasteiger partial charge in [0, 0.05) is 13.1 Å². The quantitative estimate of drug-likeness (QED) is 0.724. The van der Waals surface area contributed by atoms with Gasteiger partial charge in [0.1, 0.15) is 5.75 Å². The maximum atomic E-state index is 12.9. The predicted octanol–water partition coefficient (Wildman–Crippen LogP) is 4.47. The van der Waals surface area contributed by atoms with E-state index in [2.05, 4.69) is 16.3 Å². The van der Waals surface area contributed by atoms with E-state index in [9.17, 15) is 4.79 Å². The first kappa shape index (κ1) is 17.8. The lowest BCUT2D eigenvalue weighted by atomic mass is 9.97. The lowest BCUT2D eigenvalue weighted by Gasteiger charge is -2.31. The molecule has 0 aliphatic carbocycles. The molecule has 1 N–H and O–H groups in total. The van der Waals surface area contributed by atoms with Gasteiger partial charge < -0.3 is 15.0 Å². The summed E-state index contributed by atoms with van der Waals surface area (Å²) < 4.78 is 6.56. The molecule has 2 aromatic carbocycles. The number of fused-ring (bicyclic) bond motifs is 1. The van der Waals surface area contributed by atoms with Crippen LogP contribution in [-0.4, -0.2) is 31.1 Å². The third kappa shape index (κ3) is 3.76. The maximum Gasteiger partial charge on any atom is 0.229 e. The molecule has 0 spiro atoms. The van der Waals surface area contributed by atoms with Gasteiger partial charge in [-0.25, -0.2) is 4.98 Å². The molecule has 140 valence electrons. The number of carbonyl (C=O) groups excluding carboxylic acids is 1. The normalized spacial score (nSPS) is 17.1. The molecule has 6 heteroatoms. The first-order valence-electron chi connectivity index (χ1n) is 9.20. The van der Waals surface area contributed by atoms with Gasteiger partial charge in [0.2, 0.25) is 5.91 Å². The van der Waals surface area contributed by atoms with Crippen molar-refractivity contribution in [3.8, 4) is 5.75 Å². The van der Waals surface area contributed by atoms with E-state index in [1.807, 2.05) is 43.3 Å². The van der Waals surface area contributed by atoms with Gasteiger partial charge in [-0.2, -0.15) is 0 Å². The molecule has 1 aromatic heterocycles. The number of aromatic nitrogens is 1. The third-order valence-corrected chi connectivity index (χ3v) is 6.06. The highest BCUT2D eigenvalue weighted by Crippen LogP contribution is 2.32. The van der Waals surface area contributed by atoms with Crippen LogP contribution in [0.25, 0.3) is 10.2 Å². The number of anilines is 2. The van der Waals surface area contributed by atoms with Crippen molar-refractivity contribution in [2.75, 3.05) is 30.4 Å². The number of ether oxygens (including phenoxy) is 1. The Balaban J connectivity index is 1.49. The highest BCUT2D eigenvalue weighted by molar-refractivity contribution is 7.22. The number of methoxy groups -OCH3 is 1. The zero-order chi connectivity index (χ0) is 18.8. The Labute approximate surface area is 163 Å². The molecule has 1 unspecified atom stereocenters. The highest BCUT2D eigenvalue weighted by atomic mass is 32.1. The molecule has 0 radical (unpaired) electrons. The molecule has 0 saturated carbocycles. The largest absolute Gasteiger partial charge is 0.495 e. The number of carbonyl (C=O) groups is 1. The lowest BCUT2D eigenvalue weighted by molar-refractivity contribution is -0.120. The molecule has 3 aromatic rings. The summed E-state index contributed by atoms with van der Waals surface area (Å²) in [5.74, 6) is 0.675. The van der Waals surface area contributed by atoms with Crippen LogP contribution in [0.3, 0.4) is 0 Å². The summed E-state index contributed by atoms with van der Waals surface area (Å²) in [6, 6.07) is 14.0. The average Bonchev–Trinajstić information content (AvgIpc) is 3.12. The molecule has 2 heterocycles. The van der Waals surface area contributed by atoms with Crippen molar-refractivity contribution in [2.24, 2.45) is 5.92 Å². The number of amides is 1. The van der Waals surface area contributed by atoms with Crippen molar-refractivity contribution in [3.05, 3.63) is 48.0 Å². The minimum atomic E-state index is -0.0593. The molecular formula is C21H23N3O2S. The van der Waals surface area contributed by atoms with Gasteiger partial charge in [0.05, 0.1) is 28.9 Å². The standard InChI is InChI=1S/C21H23N3O2S/c1-14-9-10-18(26-2)17(12-14)22-20(25)15-6-5-11-24(13-15)21-23-16-7-3-4-8-19(16)27-21/h3-4,7-10,12,15H,5-6,11,13H2,1-2H3,(H,22,25). The Morgan fingerprint density at radius 3 is 2.96 bits per heavy atom. The monoisotopic (exact) mass is 381 g/mol. The van der Waals surface area contributed by atoms with Crippen LogP contribution in [0.2, 0.25) is 0 Å². The lowest BCUT2D eigenvalue weighted by Crippen LogP contribution is -2.40. The number of piperidine rings is 1. The second-order valence-corrected chi connectivity index (χ2v) is 7.95. The average molecular weight is 382 g/mol. The van der Waals surface area contributed by atoms with Gasteiger partial charge in [-0.05, 0) is 49.6 Å². The SMILES string of the molecule is COc1ccc(C)cc1NC(=O)C1CCCN(c2nc3ccccc3s2)C1. The smallest absolute Gasteiger partial charge is 0.229 e. The van der Waals surface area contributed by atoms with Crippen LogP contribution in [0.4, 0.5) is 10.8 Å². The number of nitrogens with zero attached hydrogens (tertiary/aromatic N) is 2. The van der Waals surface area contributed by atoms with E-state index in [0.717, 1.165) is 41.3 Å². The molecule has 1 aliphatic heterocycles. The second kappa shape index (κ2) is 7.56. The molecule has 1 fully saturated rings. The van der Waals surface area contributed by atoms with Crippen molar-refractivity contribution in [2.45, 2.75) is 19.8 Å². The summed E-state index contributed by atoms with van der Waals surface area (Å²) in [4.78, 5) is 19.9. The minimum Gasteiger partial charge on any atom is -0.495 e. The van der Waals surface area contributed by atoms with Crippen LogP contribution < -0.4 is 15.0 Å². The van der Waals surface area contributed by atoms with E-state index >= 15 is 0 Å². The first-order valence-corrected chi connectivity index (χ1v) is 10.0. The first-order chi connectivity index (χ1) is 13.1. The summed E-state index contributed by atoms with van der Waals surface area (Å²) in [5.41, 5.74) is 2.85. The fourth-order valence-corrected chi connectivity index (χ4v) is 4.51. The number of rotatable bonds is 4. The van der Waals surface area contributed by atoms with E-state index in [0.29, 0.717) is 12.3 Å². The minimum absolute atomic E-state index is 0.0460. The predicted molar refractivity (Wildman–Crippen MR) is 111 cm³/mol. The maximum absolute atomic E-state index is 12.9. The van der Waals surface area contributed by atoms with Crippen LogP contribution in [0, 0.1) is 12.8 Å². The molecule has 1 saturated heterocycles. The van der Waals surface area contributed by atoms with Crippen molar-refractivity contribution < 1.29 is 9.53 Å². The molecular weight excluding hydrogens is 358 g/mol. The fraction of sp³-hybridized carbons (Fsp3) is 0.333. The number of hydrogen-bond donors (Lipinski definition) is 1. The summed E-state index contributed by atoms with van der Waals surface area (Å²) in [5, 5.41) is 4.06. The molecule has 1 aliphatic rings. The number of nitrogens with one attached hydrogen (secondary N) is 1. The Kier molecular flexibility index (Phi) is 4.99. The number of aryl methyl sites for hydroxylation is 1. The van der Waals surface area contributed by atoms with Gasteiger partial charge in [-0.15, -0.1) is 0 Å². The Bertz CT molecular complexity index is 936. The molecule has 0 bridgehead atoms. The number of thiazole rings is 1. The summed E-state index contributed by atoms with van der Waals surface area (Å²) in [6.45, 7) is 3.64. The van der Waals surface area contributed by atoms with Crippen LogP contribution in [0.5, 0.6) is 5.75 Å². The number of hydrogen-bond acceptors (Lipinski definition) is 5. The van der Waals surface area contributed by atoms with Gasteiger partial charge in [-0.1, -0.05) is 29.5 Å². The number of para-hydroxylation sites is 1. The number of benzene rings is 2. The Morgan fingerprint density at radius 2 is 2.15 bits per heavy atom. The van der Waals surface area contributed by atoms with E-state index in [1.165, 1.54) is 4.70 Å². The Morgan fingerprint density at radius 1 is 1.30 bits per heavy atom.